The second kappa shape index (κ2) is 15.9. The molecule has 1 fully saturated rings. The monoisotopic (exact) mass is 880 g/mol. The number of amidine groups is 1. The molecule has 9 rings (SSSR count). The largest absolute Gasteiger partial charge is 0.507 e. The molecule has 0 aliphatic carbocycles. The molecule has 17 heteroatoms. The molecular weight excluding hydrogens is 833 g/mol. The number of nitrogens with zero attached hydrogens (tertiary/aromatic N) is 6. The fraction of sp³-hybridized carbons (Fsp3) is 0.312. The Kier molecular flexibility index (Phi) is 10.5. The average molecular weight is 881 g/mol. The van der Waals surface area contributed by atoms with Gasteiger partial charge in [-0.05, 0) is 90.6 Å². The lowest BCUT2D eigenvalue weighted by atomic mass is 9.86. The van der Waals surface area contributed by atoms with E-state index in [4.69, 9.17) is 25.6 Å². The first-order valence-electron chi connectivity index (χ1n) is 21.5. The highest BCUT2D eigenvalue weighted by Crippen LogP contribution is 2.41. The number of phenols is 1. The van der Waals surface area contributed by atoms with Crippen LogP contribution in [0.3, 0.4) is 0 Å². The van der Waals surface area contributed by atoms with Crippen molar-refractivity contribution in [2.24, 2.45) is 12.8 Å². The Bertz CT molecular complexity index is 3110. The molecule has 17 nitrogen and oxygen atoms in total. The maximum atomic E-state index is 13.9. The minimum absolute atomic E-state index is 0.0428. The number of aliphatic hydroxyl groups is 1. The number of aryl methyl sites for hydroxylation is 2. The molecular formula is C48H48N8O9. The number of nitrogens with two attached hydrogens (primary N) is 1. The van der Waals surface area contributed by atoms with Gasteiger partial charge in [0, 0.05) is 60.6 Å². The van der Waals surface area contributed by atoms with Gasteiger partial charge >= 0.3 is 18.1 Å². The number of ether oxygens (including phenoxy) is 2. The van der Waals surface area contributed by atoms with E-state index >= 15 is 0 Å². The number of fused-ring (bicyclic) bond motifs is 6. The average Bonchev–Trinajstić information content (AvgIpc) is 3.83. The fourth-order valence-electron chi connectivity index (χ4n) is 9.30. The van der Waals surface area contributed by atoms with Crippen LogP contribution in [0.25, 0.3) is 33.2 Å². The first kappa shape index (κ1) is 42.8. The molecule has 4 amide bonds. The lowest BCUT2D eigenvalue weighted by Gasteiger charge is -2.34. The second-order valence-corrected chi connectivity index (χ2v) is 17.0. The maximum Gasteiger partial charge on any atom is 0.415 e. The summed E-state index contributed by atoms with van der Waals surface area (Å²) in [6.07, 6.45) is 0.0610. The number of anilines is 1. The Morgan fingerprint density at radius 1 is 0.969 bits per heavy atom. The van der Waals surface area contributed by atoms with Gasteiger partial charge in [0.25, 0.3) is 11.5 Å². The number of carbonyl (C=O) groups is 4. The summed E-state index contributed by atoms with van der Waals surface area (Å²) in [5.74, 6) is -1.06. The number of urea groups is 1. The van der Waals surface area contributed by atoms with Crippen molar-refractivity contribution in [3.05, 3.63) is 116 Å². The van der Waals surface area contributed by atoms with E-state index in [0.717, 1.165) is 27.0 Å². The van der Waals surface area contributed by atoms with Crippen LogP contribution in [0.4, 0.5) is 15.3 Å². The number of phenolic OH excluding ortho intramolecular Hbond substituents is 1. The highest BCUT2D eigenvalue weighted by atomic mass is 16.6. The number of pyridine rings is 2. The maximum absolute atomic E-state index is 13.9. The number of carbonyl (C=O) groups excluding carboxylic acids is 4. The summed E-state index contributed by atoms with van der Waals surface area (Å²) in [5, 5.41) is 32.1. The van der Waals surface area contributed by atoms with Gasteiger partial charge in [0.1, 0.15) is 29.6 Å². The molecule has 334 valence electrons. The van der Waals surface area contributed by atoms with E-state index in [-0.39, 0.29) is 91.4 Å². The summed E-state index contributed by atoms with van der Waals surface area (Å²) in [5.41, 5.74) is 9.91. The number of aromatic nitrogens is 3. The molecule has 3 aromatic carbocycles. The van der Waals surface area contributed by atoms with Gasteiger partial charge in [-0.2, -0.15) is 0 Å². The molecule has 0 saturated carbocycles. The van der Waals surface area contributed by atoms with Crippen LogP contribution < -0.4 is 20.9 Å². The third-order valence-electron chi connectivity index (χ3n) is 13.1. The quantitative estimate of drug-likeness (QED) is 0.0851. The molecule has 1 saturated heterocycles. The van der Waals surface area contributed by atoms with E-state index in [1.165, 1.54) is 6.07 Å². The van der Waals surface area contributed by atoms with Gasteiger partial charge < -0.3 is 44.4 Å². The normalized spacial score (nSPS) is 16.6. The molecule has 6 heterocycles. The van der Waals surface area contributed by atoms with Crippen LogP contribution in [0, 0.1) is 5.41 Å². The number of hydrogen-bond donors (Lipinski definition) is 4. The number of hydrogen-bond acceptors (Lipinski definition) is 11. The van der Waals surface area contributed by atoms with Crippen molar-refractivity contribution in [2.45, 2.75) is 65.2 Å². The standard InChI is InChI=1S/C48H48N8O9/c1-6-30-31-21-29(10-11-36(31)51-41-33(30)23-55-38(41)22-35-34(43(55)58)24-64-45(60)48(35,63)7-2)65-47(62)54-16-14-53(15-17-54)44(59)39-20-27-18-28(9-12-37(27)52(39)5)56(46(50)61)42(49)32-19-26(25(3)4)8-13-40(32)57/h8-13,18-22,25,49,57,63H,6-7,14-17,23-24H2,1-5H3,(H2,50,61). The number of rotatable bonds is 7. The predicted octanol–water partition coefficient (Wildman–Crippen LogP) is 5.83. The van der Waals surface area contributed by atoms with Crippen molar-refractivity contribution in [1.29, 1.82) is 5.41 Å². The number of cyclic esters (lactones) is 1. The molecule has 3 aromatic heterocycles. The Hall–Kier alpha value is -7.53. The Balaban J connectivity index is 0.894. The molecule has 0 radical (unpaired) electrons. The summed E-state index contributed by atoms with van der Waals surface area (Å²) in [6, 6.07) is 17.6. The van der Waals surface area contributed by atoms with Crippen molar-refractivity contribution in [1.82, 2.24) is 23.9 Å². The number of esters is 1. The number of amides is 4. The highest BCUT2D eigenvalue weighted by Gasteiger charge is 2.45. The van der Waals surface area contributed by atoms with E-state index in [1.807, 2.05) is 20.8 Å². The summed E-state index contributed by atoms with van der Waals surface area (Å²) in [4.78, 5) is 75.8. The van der Waals surface area contributed by atoms with Crippen LogP contribution in [0.15, 0.2) is 71.5 Å². The first-order chi connectivity index (χ1) is 31.0. The van der Waals surface area contributed by atoms with Gasteiger partial charge in [0.05, 0.1) is 40.3 Å². The zero-order chi connectivity index (χ0) is 46.2. The van der Waals surface area contributed by atoms with Crippen molar-refractivity contribution in [3.63, 3.8) is 0 Å². The molecule has 1 unspecified atom stereocenters. The summed E-state index contributed by atoms with van der Waals surface area (Å²) in [7, 11) is 1.76. The number of primary amides is 1. The van der Waals surface area contributed by atoms with Crippen molar-refractivity contribution >= 4 is 57.3 Å². The van der Waals surface area contributed by atoms with Crippen LogP contribution in [0.1, 0.15) is 83.9 Å². The highest BCUT2D eigenvalue weighted by molar-refractivity contribution is 6.23. The zero-order valence-corrected chi connectivity index (χ0v) is 36.6. The molecule has 6 aromatic rings. The van der Waals surface area contributed by atoms with Crippen LogP contribution >= 0.6 is 0 Å². The van der Waals surface area contributed by atoms with Gasteiger partial charge in [0.15, 0.2) is 5.60 Å². The minimum atomic E-state index is -1.93. The Morgan fingerprint density at radius 2 is 1.71 bits per heavy atom. The van der Waals surface area contributed by atoms with Crippen LogP contribution in [0.5, 0.6) is 11.5 Å². The van der Waals surface area contributed by atoms with Crippen LogP contribution in [-0.2, 0) is 41.8 Å². The SMILES string of the molecule is CCc1c2c(nc3ccc(OC(=O)N4CCN(C(=O)c5cc6cc(N(C(=N)c7cc(C(C)C)ccc7O)C(N)=O)ccc6n5C)CC4)cc13)-c1cc3c(c(=O)n1C2)COC(=O)C3(O)CC. The molecule has 1 atom stereocenters. The number of piperazine rings is 1. The molecule has 0 bridgehead atoms. The Morgan fingerprint density at radius 3 is 2.40 bits per heavy atom. The van der Waals surface area contributed by atoms with E-state index in [1.54, 1.807) is 93.6 Å². The smallest absolute Gasteiger partial charge is 0.415 e. The van der Waals surface area contributed by atoms with Crippen molar-refractivity contribution in [2.75, 3.05) is 31.1 Å². The zero-order valence-electron chi connectivity index (χ0n) is 36.6. The first-order valence-corrected chi connectivity index (χ1v) is 21.5. The number of nitrogens with one attached hydrogen (secondary N) is 1. The van der Waals surface area contributed by atoms with E-state index in [2.05, 4.69) is 0 Å². The third kappa shape index (κ3) is 6.93. The van der Waals surface area contributed by atoms with Crippen LogP contribution in [0.2, 0.25) is 0 Å². The van der Waals surface area contributed by atoms with Crippen molar-refractivity contribution < 1.29 is 38.9 Å². The van der Waals surface area contributed by atoms with Crippen molar-refractivity contribution in [3.8, 4) is 22.9 Å². The molecule has 65 heavy (non-hydrogen) atoms. The molecule has 3 aliphatic heterocycles. The number of benzene rings is 3. The van der Waals surface area contributed by atoms with Gasteiger partial charge in [-0.1, -0.05) is 33.8 Å². The molecule has 0 spiro atoms. The van der Waals surface area contributed by atoms with Crippen LogP contribution in [-0.4, -0.2) is 90.1 Å². The summed E-state index contributed by atoms with van der Waals surface area (Å²) < 4.78 is 14.4. The van der Waals surface area contributed by atoms with E-state index in [0.29, 0.717) is 51.4 Å². The predicted molar refractivity (Wildman–Crippen MR) is 241 cm³/mol. The van der Waals surface area contributed by atoms with Gasteiger partial charge in [-0.15, -0.1) is 0 Å². The summed E-state index contributed by atoms with van der Waals surface area (Å²) in [6.45, 7) is 8.60. The van der Waals surface area contributed by atoms with Gasteiger partial charge in [-0.25, -0.2) is 24.3 Å². The second-order valence-electron chi connectivity index (χ2n) is 17.0. The fourth-order valence-corrected chi connectivity index (χ4v) is 9.30. The minimum Gasteiger partial charge on any atom is -0.507 e. The third-order valence-corrected chi connectivity index (χ3v) is 13.1. The van der Waals surface area contributed by atoms with E-state index < -0.39 is 23.7 Å². The number of aromatic hydroxyl groups is 1. The molecule has 3 aliphatic rings. The van der Waals surface area contributed by atoms with Gasteiger partial charge in [0.2, 0.25) is 0 Å². The Labute approximate surface area is 372 Å². The topological polar surface area (TPSA) is 227 Å². The van der Waals surface area contributed by atoms with E-state index in [9.17, 15) is 34.2 Å². The lowest BCUT2D eigenvalue weighted by Crippen LogP contribution is -2.51. The molecule has 5 N–H and O–H groups in total. The lowest BCUT2D eigenvalue weighted by molar-refractivity contribution is -0.172. The van der Waals surface area contributed by atoms with Gasteiger partial charge in [-0.3, -0.25) is 15.0 Å². The summed E-state index contributed by atoms with van der Waals surface area (Å²) >= 11 is 0.